The minimum Gasteiger partial charge on any atom is -0.314 e. The molecule has 136 valence electrons. The maximum Gasteiger partial charge on any atom is 0.262 e. The summed E-state index contributed by atoms with van der Waals surface area (Å²) in [7, 11) is -2.26. The molecular formula is C16H13BrClFN4O2S. The van der Waals surface area contributed by atoms with Gasteiger partial charge in [0, 0.05) is 17.6 Å². The summed E-state index contributed by atoms with van der Waals surface area (Å²) in [5.41, 5.74) is 0.718. The van der Waals surface area contributed by atoms with Gasteiger partial charge in [0.25, 0.3) is 10.0 Å². The summed E-state index contributed by atoms with van der Waals surface area (Å²) in [5.74, 6) is 0.432. The summed E-state index contributed by atoms with van der Waals surface area (Å²) in [4.78, 5) is -0.201. The highest BCUT2D eigenvalue weighted by Crippen LogP contribution is 2.31. The number of benzene rings is 2. The first-order valence-corrected chi connectivity index (χ1v) is 9.98. The Balaban J connectivity index is 2.07. The summed E-state index contributed by atoms with van der Waals surface area (Å²) in [5, 5.41) is 8.46. The molecule has 0 saturated carbocycles. The van der Waals surface area contributed by atoms with Crippen LogP contribution in [0.25, 0.3) is 11.4 Å². The lowest BCUT2D eigenvalue weighted by Gasteiger charge is -2.13. The second kappa shape index (κ2) is 6.98. The third kappa shape index (κ3) is 3.60. The predicted octanol–water partition coefficient (Wildman–Crippen LogP) is 4.15. The lowest BCUT2D eigenvalue weighted by molar-refractivity contribution is 0.593. The predicted molar refractivity (Wildman–Crippen MR) is 101 cm³/mol. The smallest absolute Gasteiger partial charge is 0.262 e. The highest BCUT2D eigenvalue weighted by molar-refractivity contribution is 9.10. The monoisotopic (exact) mass is 458 g/mol. The zero-order valence-corrected chi connectivity index (χ0v) is 16.8. The van der Waals surface area contributed by atoms with Crippen LogP contribution in [0, 0.1) is 12.7 Å². The topological polar surface area (TPSA) is 76.9 Å². The Morgan fingerprint density at radius 2 is 1.92 bits per heavy atom. The Kier molecular flexibility index (Phi) is 5.05. The molecule has 1 aromatic heterocycles. The molecule has 0 spiro atoms. The maximum atomic E-state index is 13.7. The van der Waals surface area contributed by atoms with Gasteiger partial charge in [0.2, 0.25) is 0 Å². The van der Waals surface area contributed by atoms with E-state index in [4.69, 9.17) is 11.6 Å². The van der Waals surface area contributed by atoms with E-state index >= 15 is 0 Å². The van der Waals surface area contributed by atoms with Crippen molar-refractivity contribution in [3.8, 4) is 11.4 Å². The van der Waals surface area contributed by atoms with Crippen molar-refractivity contribution >= 4 is 43.2 Å². The third-order valence-corrected chi connectivity index (χ3v) is 6.00. The number of rotatable bonds is 4. The van der Waals surface area contributed by atoms with Crippen molar-refractivity contribution in [2.45, 2.75) is 11.8 Å². The molecule has 0 atom stereocenters. The number of aromatic nitrogens is 3. The van der Waals surface area contributed by atoms with Crippen LogP contribution in [0.5, 0.6) is 0 Å². The summed E-state index contributed by atoms with van der Waals surface area (Å²) in [6, 6.07) is 8.23. The van der Waals surface area contributed by atoms with Crippen LogP contribution < -0.4 is 4.72 Å². The van der Waals surface area contributed by atoms with Gasteiger partial charge in [-0.05, 0) is 59.3 Å². The van der Waals surface area contributed by atoms with E-state index in [1.54, 1.807) is 30.7 Å². The standard InChI is InChI=1S/C16H13BrClFN4O2S/c1-9-20-21-16(23(9)2)12-7-10(18)3-6-15(12)22-26(24,25)11-4-5-13(17)14(19)8-11/h3-8,22H,1-2H3. The molecule has 0 bridgehead atoms. The van der Waals surface area contributed by atoms with E-state index in [1.165, 1.54) is 18.2 Å². The average Bonchev–Trinajstić information content (AvgIpc) is 2.91. The maximum absolute atomic E-state index is 13.7. The Bertz CT molecular complexity index is 1100. The quantitative estimate of drug-likeness (QED) is 0.636. The van der Waals surface area contributed by atoms with E-state index < -0.39 is 15.8 Å². The minimum atomic E-state index is -4.01. The van der Waals surface area contributed by atoms with Gasteiger partial charge in [-0.2, -0.15) is 0 Å². The zero-order valence-electron chi connectivity index (χ0n) is 13.7. The van der Waals surface area contributed by atoms with Crippen molar-refractivity contribution in [3.05, 3.63) is 57.5 Å². The largest absolute Gasteiger partial charge is 0.314 e. The van der Waals surface area contributed by atoms with E-state index in [1.807, 2.05) is 0 Å². The van der Waals surface area contributed by atoms with Crippen molar-refractivity contribution in [2.24, 2.45) is 7.05 Å². The van der Waals surface area contributed by atoms with Crippen molar-refractivity contribution in [3.63, 3.8) is 0 Å². The van der Waals surface area contributed by atoms with Crippen molar-refractivity contribution in [1.82, 2.24) is 14.8 Å². The summed E-state index contributed by atoms with van der Waals surface area (Å²) >= 11 is 9.06. The van der Waals surface area contributed by atoms with Crippen molar-refractivity contribution in [2.75, 3.05) is 4.72 Å². The fourth-order valence-corrected chi connectivity index (χ4v) is 3.79. The van der Waals surface area contributed by atoms with E-state index in [-0.39, 0.29) is 15.1 Å². The molecule has 2 aromatic carbocycles. The summed E-state index contributed by atoms with van der Waals surface area (Å²) in [6.07, 6.45) is 0. The molecule has 6 nitrogen and oxygen atoms in total. The van der Waals surface area contributed by atoms with Crippen LogP contribution in [0.2, 0.25) is 5.02 Å². The van der Waals surface area contributed by atoms with Gasteiger partial charge in [0.05, 0.1) is 15.1 Å². The Morgan fingerprint density at radius 1 is 1.19 bits per heavy atom. The number of halogens is 3. The molecule has 3 aromatic rings. The molecule has 0 aliphatic rings. The molecule has 0 radical (unpaired) electrons. The van der Waals surface area contributed by atoms with Crippen LogP contribution in [0.4, 0.5) is 10.1 Å². The highest BCUT2D eigenvalue weighted by atomic mass is 79.9. The van der Waals surface area contributed by atoms with Gasteiger partial charge in [0.15, 0.2) is 5.82 Å². The van der Waals surface area contributed by atoms with E-state index in [2.05, 4.69) is 30.8 Å². The van der Waals surface area contributed by atoms with Crippen LogP contribution in [-0.4, -0.2) is 23.2 Å². The number of aryl methyl sites for hydroxylation is 1. The zero-order chi connectivity index (χ0) is 19.1. The van der Waals surface area contributed by atoms with Crippen molar-refractivity contribution in [1.29, 1.82) is 0 Å². The number of hydrogen-bond donors (Lipinski definition) is 1. The first kappa shape index (κ1) is 18.8. The Morgan fingerprint density at radius 3 is 2.54 bits per heavy atom. The first-order chi connectivity index (χ1) is 12.2. The van der Waals surface area contributed by atoms with Crippen LogP contribution in [0.15, 0.2) is 45.8 Å². The van der Waals surface area contributed by atoms with Crippen molar-refractivity contribution < 1.29 is 12.8 Å². The van der Waals surface area contributed by atoms with E-state index in [0.29, 0.717) is 22.2 Å². The highest BCUT2D eigenvalue weighted by Gasteiger charge is 2.20. The molecule has 0 amide bonds. The molecule has 0 saturated heterocycles. The van der Waals surface area contributed by atoms with Crippen LogP contribution in [-0.2, 0) is 17.1 Å². The summed E-state index contributed by atoms with van der Waals surface area (Å²) < 4.78 is 43.4. The second-order valence-electron chi connectivity index (χ2n) is 5.50. The molecule has 0 aliphatic carbocycles. The van der Waals surface area contributed by atoms with Gasteiger partial charge < -0.3 is 4.57 Å². The minimum absolute atomic E-state index is 0.179. The number of nitrogens with zero attached hydrogens (tertiary/aromatic N) is 3. The molecule has 10 heteroatoms. The van der Waals surface area contributed by atoms with Crippen LogP contribution >= 0.6 is 27.5 Å². The average molecular weight is 460 g/mol. The fourth-order valence-electron chi connectivity index (χ4n) is 2.28. The Labute approximate surface area is 163 Å². The molecule has 1 heterocycles. The summed E-state index contributed by atoms with van der Waals surface area (Å²) in [6.45, 7) is 1.77. The van der Waals surface area contributed by atoms with E-state index in [0.717, 1.165) is 6.07 Å². The van der Waals surface area contributed by atoms with Crippen LogP contribution in [0.3, 0.4) is 0 Å². The third-order valence-electron chi connectivity index (χ3n) is 3.76. The normalized spacial score (nSPS) is 11.6. The number of hydrogen-bond acceptors (Lipinski definition) is 4. The molecular weight excluding hydrogens is 447 g/mol. The molecule has 0 fully saturated rings. The molecule has 0 aliphatic heterocycles. The van der Waals surface area contributed by atoms with Gasteiger partial charge in [0.1, 0.15) is 11.6 Å². The molecule has 0 unspecified atom stereocenters. The van der Waals surface area contributed by atoms with Gasteiger partial charge in [-0.25, -0.2) is 12.8 Å². The molecule has 3 rings (SSSR count). The van der Waals surface area contributed by atoms with Gasteiger partial charge >= 0.3 is 0 Å². The molecule has 26 heavy (non-hydrogen) atoms. The van der Waals surface area contributed by atoms with Crippen LogP contribution in [0.1, 0.15) is 5.82 Å². The SMILES string of the molecule is Cc1nnc(-c2cc(Cl)ccc2NS(=O)(=O)c2ccc(Br)c(F)c2)n1C. The first-order valence-electron chi connectivity index (χ1n) is 7.33. The lowest BCUT2D eigenvalue weighted by atomic mass is 10.1. The van der Waals surface area contributed by atoms with Gasteiger partial charge in [-0.1, -0.05) is 11.6 Å². The van der Waals surface area contributed by atoms with Gasteiger partial charge in [-0.3, -0.25) is 4.72 Å². The number of nitrogens with one attached hydrogen (secondary N) is 1. The molecule has 1 N–H and O–H groups in total. The van der Waals surface area contributed by atoms with E-state index in [9.17, 15) is 12.8 Å². The number of sulfonamides is 1. The van der Waals surface area contributed by atoms with Gasteiger partial charge in [-0.15, -0.1) is 10.2 Å². The fraction of sp³-hybridized carbons (Fsp3) is 0.125. The lowest BCUT2D eigenvalue weighted by Crippen LogP contribution is -2.14. The second-order valence-corrected chi connectivity index (χ2v) is 8.47. The number of anilines is 1. The Hall–Kier alpha value is -1.97.